The lowest BCUT2D eigenvalue weighted by Crippen LogP contribution is -2.72. The van der Waals surface area contributed by atoms with Gasteiger partial charge in [-0.2, -0.15) is 0 Å². The maximum absolute atomic E-state index is 13.2. The number of carbonyl (C=O) groups excluding carboxylic acids is 1. The minimum absolute atomic E-state index is 0.0566. The summed E-state index contributed by atoms with van der Waals surface area (Å²) in [6, 6.07) is 0. The summed E-state index contributed by atoms with van der Waals surface area (Å²) in [5.41, 5.74) is -3.57. The van der Waals surface area contributed by atoms with Gasteiger partial charge in [-0.25, -0.2) is 9.59 Å². The molecule has 4 saturated carbocycles. The molecule has 27 atom stereocenters. The van der Waals surface area contributed by atoms with Gasteiger partial charge in [0.1, 0.15) is 79.4 Å². The molecule has 23 nitrogen and oxygen atoms in total. The fourth-order valence-corrected chi connectivity index (χ4v) is 15.9. The average molecular weight is 1090 g/mol. The van der Waals surface area contributed by atoms with E-state index in [1.165, 1.54) is 0 Å². The molecule has 3 aliphatic heterocycles. The van der Waals surface area contributed by atoms with Crippen molar-refractivity contribution >= 4 is 11.9 Å². The summed E-state index contributed by atoms with van der Waals surface area (Å²) in [4.78, 5) is 26.2. The lowest BCUT2D eigenvalue weighted by Gasteiger charge is -2.72. The quantitative estimate of drug-likeness (QED) is 0.0415. The molecule has 0 aromatic rings. The third-order valence-electron chi connectivity index (χ3n) is 20.8. The van der Waals surface area contributed by atoms with Gasteiger partial charge in [0, 0.05) is 16.4 Å². The van der Waals surface area contributed by atoms with Crippen LogP contribution in [-0.4, -0.2) is 226 Å². The maximum atomic E-state index is 13.2. The van der Waals surface area contributed by atoms with Gasteiger partial charge in [0.25, 0.3) is 0 Å². The van der Waals surface area contributed by atoms with Gasteiger partial charge < -0.3 is 105 Å². The number of allylic oxidation sites excluding steroid dienone is 3. The lowest BCUT2D eigenvalue weighted by atomic mass is 9.33. The Labute approximate surface area is 442 Å². The van der Waals surface area contributed by atoms with Crippen LogP contribution >= 0.6 is 0 Å². The number of hydrogen-bond donors (Lipinski definition) is 14. The van der Waals surface area contributed by atoms with Crippen LogP contribution in [-0.2, 0) is 42.7 Å². The highest BCUT2D eigenvalue weighted by Gasteiger charge is 2.73. The monoisotopic (exact) mass is 1090 g/mol. The summed E-state index contributed by atoms with van der Waals surface area (Å²) in [6.07, 6.45) is -26.3. The van der Waals surface area contributed by atoms with Gasteiger partial charge in [-0.3, -0.25) is 0 Å². The van der Waals surface area contributed by atoms with Gasteiger partial charge >= 0.3 is 11.9 Å². The zero-order valence-electron chi connectivity index (χ0n) is 44.6. The molecule has 0 radical (unpaired) electrons. The molecule has 434 valence electrons. The number of carbonyl (C=O) groups is 2. The first kappa shape index (κ1) is 59.8. The molecule has 8 aliphatic rings. The van der Waals surface area contributed by atoms with Gasteiger partial charge in [0.2, 0.25) is 0 Å². The van der Waals surface area contributed by atoms with Crippen molar-refractivity contribution in [2.45, 2.75) is 217 Å². The van der Waals surface area contributed by atoms with Crippen LogP contribution in [0.1, 0.15) is 100 Å². The molecule has 0 bridgehead atoms. The second-order valence-electron chi connectivity index (χ2n) is 24.9. The third-order valence-corrected chi connectivity index (χ3v) is 20.8. The molecular weight excluding hydrogens is 1000 g/mol. The number of carboxylic acids is 1. The fourth-order valence-electron chi connectivity index (χ4n) is 15.9. The van der Waals surface area contributed by atoms with Crippen LogP contribution in [0, 0.1) is 50.2 Å². The predicted octanol–water partition coefficient (Wildman–Crippen LogP) is -1.89. The number of ether oxygens (including phenoxy) is 7. The first-order valence-corrected chi connectivity index (χ1v) is 26.8. The molecule has 2 unspecified atom stereocenters. The van der Waals surface area contributed by atoms with Crippen molar-refractivity contribution in [1.82, 2.24) is 0 Å². The number of aliphatic hydroxyl groups excluding tert-OH is 13. The van der Waals surface area contributed by atoms with E-state index in [0.717, 1.165) is 5.57 Å². The first-order valence-electron chi connectivity index (χ1n) is 26.8. The molecule has 8 rings (SSSR count). The van der Waals surface area contributed by atoms with E-state index in [0.29, 0.717) is 37.7 Å². The van der Waals surface area contributed by atoms with E-state index in [2.05, 4.69) is 26.8 Å². The van der Waals surface area contributed by atoms with Crippen molar-refractivity contribution in [3.05, 3.63) is 23.3 Å². The summed E-state index contributed by atoms with van der Waals surface area (Å²) in [6.45, 7) is 12.9. The van der Waals surface area contributed by atoms with Gasteiger partial charge in [0.15, 0.2) is 25.0 Å². The Hall–Kier alpha value is -2.34. The summed E-state index contributed by atoms with van der Waals surface area (Å²) in [5, 5.41) is 155. The van der Waals surface area contributed by atoms with E-state index in [-0.39, 0.29) is 24.7 Å². The molecule has 3 saturated heterocycles. The van der Waals surface area contributed by atoms with Crippen molar-refractivity contribution in [3.8, 4) is 0 Å². The molecule has 0 aromatic heterocycles. The second kappa shape index (κ2) is 21.5. The first-order chi connectivity index (χ1) is 35.5. The second-order valence-corrected chi connectivity index (χ2v) is 24.9. The van der Waals surface area contributed by atoms with E-state index in [1.54, 1.807) is 19.9 Å². The molecule has 14 N–H and O–H groups in total. The summed E-state index contributed by atoms with van der Waals surface area (Å²) < 4.78 is 41.9. The molecule has 23 heteroatoms. The standard InChI is InChI=1S/C53H84O23/c1-9-22(2)44(69)76-42-41(66)53(21-57)24(16-48(42,3)4)23-10-11-28-49(5)14-13-30(50(6,20-56)27(49)12-15-51(28,7)52(23,8)17-29(53)58)72-47-39(74-46-36(64)34(62)32(60)26(19-55)71-46)37(65)38(40(75-47)43(67)68)73-45-35(63)33(61)31(59)25(18-54)70-45/h9-10,24-42,45-47,54-66H,11-21H2,1-8H3,(H,67,68)/b22-9+/t24-,25+,26+,27?,28?,29+,30-,31+,32+,33-,34-,35+,36+,37-,38-,39+,40-,41-,42-,45-,46-,47+,49-,50+,51+,52+,53-/m0/s1. The number of esters is 1. The molecule has 0 amide bonds. The van der Waals surface area contributed by atoms with Crippen molar-refractivity contribution in [3.63, 3.8) is 0 Å². The molecule has 0 spiro atoms. The molecule has 0 aromatic carbocycles. The van der Waals surface area contributed by atoms with E-state index in [4.69, 9.17) is 33.2 Å². The SMILES string of the molecule is C/C=C(\C)C(=O)O[C@H]1[C@H](O)[C@]2(CO)[C@H](O)C[C@]3(C)C(=CCC4[C@@]5(C)CC[C@H](O[C@@H]6O[C@H](C(=O)O)[C@@H](O[C@@H]7O[C@H](CO)[C@@H](O)[C@H](O)[C@H]7O)[C@H](O)[C@H]6O[C@@H]6O[C@H](CO)[C@@H](O)[C@H](O)[C@H]6O)[C@](C)(CO)C5CC[C@]43C)[C@@H]2CC1(C)C. The number of rotatable bonds is 13. The van der Waals surface area contributed by atoms with Crippen LogP contribution in [0.3, 0.4) is 0 Å². The largest absolute Gasteiger partial charge is 0.479 e. The molecular formula is C53H84O23. The Bertz CT molecular complexity index is 2170. The normalized spacial score (nSPS) is 52.3. The van der Waals surface area contributed by atoms with Crippen molar-refractivity contribution < 1.29 is 114 Å². The smallest absolute Gasteiger partial charge is 0.335 e. The van der Waals surface area contributed by atoms with E-state index in [9.17, 15) is 81.1 Å². The van der Waals surface area contributed by atoms with E-state index >= 15 is 0 Å². The van der Waals surface area contributed by atoms with Gasteiger partial charge in [-0.1, -0.05) is 59.3 Å². The summed E-state index contributed by atoms with van der Waals surface area (Å²) >= 11 is 0. The molecule has 76 heavy (non-hydrogen) atoms. The number of fused-ring (bicyclic) bond motifs is 7. The van der Waals surface area contributed by atoms with Gasteiger partial charge in [-0.05, 0) is 92.8 Å². The zero-order valence-corrected chi connectivity index (χ0v) is 44.6. The van der Waals surface area contributed by atoms with E-state index in [1.807, 2.05) is 20.8 Å². The fraction of sp³-hybridized carbons (Fsp3) is 0.887. The Balaban J connectivity index is 1.10. The summed E-state index contributed by atoms with van der Waals surface area (Å²) in [7, 11) is 0. The highest BCUT2D eigenvalue weighted by atomic mass is 16.8. The van der Waals surface area contributed by atoms with Crippen LogP contribution in [0.2, 0.25) is 0 Å². The van der Waals surface area contributed by atoms with Crippen LogP contribution in [0.25, 0.3) is 0 Å². The van der Waals surface area contributed by atoms with Crippen LogP contribution in [0.5, 0.6) is 0 Å². The summed E-state index contributed by atoms with van der Waals surface area (Å²) in [5.74, 6) is -3.12. The topological polar surface area (TPSA) is 382 Å². The minimum atomic E-state index is -2.16. The van der Waals surface area contributed by atoms with Crippen molar-refractivity contribution in [2.75, 3.05) is 26.4 Å². The Morgan fingerprint density at radius 3 is 1.79 bits per heavy atom. The maximum Gasteiger partial charge on any atom is 0.335 e. The van der Waals surface area contributed by atoms with Crippen molar-refractivity contribution in [1.29, 1.82) is 0 Å². The number of aliphatic hydroxyl groups is 13. The lowest BCUT2D eigenvalue weighted by molar-refractivity contribution is -0.392. The predicted molar refractivity (Wildman–Crippen MR) is 259 cm³/mol. The number of hydrogen-bond acceptors (Lipinski definition) is 22. The Morgan fingerprint density at radius 1 is 0.684 bits per heavy atom. The zero-order chi connectivity index (χ0) is 56.2. The van der Waals surface area contributed by atoms with E-state index < -0.39 is 193 Å². The van der Waals surface area contributed by atoms with Gasteiger partial charge in [-0.15, -0.1) is 0 Å². The van der Waals surface area contributed by atoms with Gasteiger partial charge in [0.05, 0.1) is 44.1 Å². The minimum Gasteiger partial charge on any atom is -0.479 e. The highest BCUT2D eigenvalue weighted by molar-refractivity contribution is 5.87. The number of aliphatic carboxylic acids is 1. The molecule has 5 aliphatic carbocycles. The number of carboxylic acid groups (broad SMARTS) is 1. The highest BCUT2D eigenvalue weighted by Crippen LogP contribution is 2.76. The average Bonchev–Trinajstić information content (AvgIpc) is 3.58. The molecule has 7 fully saturated rings. The van der Waals surface area contributed by atoms with Crippen LogP contribution < -0.4 is 0 Å². The Kier molecular flexibility index (Phi) is 16.9. The van der Waals surface area contributed by atoms with Crippen LogP contribution in [0.15, 0.2) is 23.3 Å². The molecule has 3 heterocycles. The van der Waals surface area contributed by atoms with Crippen molar-refractivity contribution in [2.24, 2.45) is 50.2 Å². The Morgan fingerprint density at radius 2 is 1.26 bits per heavy atom. The van der Waals surface area contributed by atoms with Crippen LogP contribution in [0.4, 0.5) is 0 Å². The third kappa shape index (κ3) is 9.16.